The number of sulfonamides is 1. The lowest BCUT2D eigenvalue weighted by Crippen LogP contribution is -2.39. The summed E-state index contributed by atoms with van der Waals surface area (Å²) in [6.07, 6.45) is 6.29. The number of aromatic nitrogens is 1. The molecule has 0 radical (unpaired) electrons. The van der Waals surface area contributed by atoms with Crippen molar-refractivity contribution in [2.45, 2.75) is 24.2 Å². The minimum Gasteiger partial charge on any atom is -0.375 e. The molecule has 33 heavy (non-hydrogen) atoms. The van der Waals surface area contributed by atoms with Gasteiger partial charge in [-0.05, 0) is 81.2 Å². The molecule has 2 aromatic carbocycles. The van der Waals surface area contributed by atoms with Crippen LogP contribution >= 0.6 is 0 Å². The molecule has 1 aliphatic heterocycles. The minimum absolute atomic E-state index is 0.216. The van der Waals surface area contributed by atoms with Gasteiger partial charge in [-0.3, -0.25) is 4.98 Å². The maximum atomic E-state index is 13.1. The Kier molecular flexibility index (Phi) is 7.57. The summed E-state index contributed by atoms with van der Waals surface area (Å²) in [6, 6.07) is 13.6. The van der Waals surface area contributed by atoms with Crippen LogP contribution in [0.5, 0.6) is 0 Å². The van der Waals surface area contributed by atoms with Crippen LogP contribution < -0.4 is 9.62 Å². The van der Waals surface area contributed by atoms with Crippen molar-refractivity contribution in [3.05, 3.63) is 66.7 Å². The van der Waals surface area contributed by atoms with E-state index in [2.05, 4.69) is 19.5 Å². The fraction of sp³-hybridized carbons (Fsp3) is 0.400. The molecule has 6 nitrogen and oxygen atoms in total. The Morgan fingerprint density at radius 1 is 1.12 bits per heavy atom. The Morgan fingerprint density at radius 3 is 2.64 bits per heavy atom. The quantitative estimate of drug-likeness (QED) is 0.514. The number of pyridine rings is 1. The van der Waals surface area contributed by atoms with Gasteiger partial charge in [-0.25, -0.2) is 17.5 Å². The highest BCUT2D eigenvalue weighted by Crippen LogP contribution is 2.23. The van der Waals surface area contributed by atoms with E-state index in [9.17, 15) is 12.8 Å². The number of rotatable bonds is 9. The zero-order chi connectivity index (χ0) is 23.3. The van der Waals surface area contributed by atoms with E-state index in [-0.39, 0.29) is 5.82 Å². The normalized spacial score (nSPS) is 15.7. The second kappa shape index (κ2) is 10.6. The van der Waals surface area contributed by atoms with Gasteiger partial charge < -0.3 is 9.80 Å². The van der Waals surface area contributed by atoms with Crippen LogP contribution in [0.1, 0.15) is 19.3 Å². The number of fused-ring (bicyclic) bond motifs is 1. The first-order valence-electron chi connectivity index (χ1n) is 11.4. The first-order chi connectivity index (χ1) is 15.9. The fourth-order valence-corrected chi connectivity index (χ4v) is 5.75. The van der Waals surface area contributed by atoms with Crippen LogP contribution in [0.4, 0.5) is 10.1 Å². The molecule has 8 heteroatoms. The molecule has 1 aliphatic rings. The zero-order valence-corrected chi connectivity index (χ0v) is 19.8. The van der Waals surface area contributed by atoms with Crippen LogP contribution in [0.2, 0.25) is 0 Å². The zero-order valence-electron chi connectivity index (χ0n) is 19.0. The molecule has 1 fully saturated rings. The Labute approximate surface area is 195 Å². The Bertz CT molecular complexity index is 1160. The van der Waals surface area contributed by atoms with Gasteiger partial charge >= 0.3 is 0 Å². The van der Waals surface area contributed by atoms with Crippen molar-refractivity contribution in [2.24, 2.45) is 5.92 Å². The third kappa shape index (κ3) is 6.07. The fourth-order valence-electron chi connectivity index (χ4n) is 4.40. The molecule has 3 aromatic rings. The van der Waals surface area contributed by atoms with Crippen molar-refractivity contribution < 1.29 is 12.8 Å². The van der Waals surface area contributed by atoms with Crippen molar-refractivity contribution >= 4 is 26.5 Å². The highest BCUT2D eigenvalue weighted by molar-refractivity contribution is 7.89. The van der Waals surface area contributed by atoms with Crippen molar-refractivity contribution in [3.63, 3.8) is 0 Å². The monoisotopic (exact) mass is 470 g/mol. The van der Waals surface area contributed by atoms with Crippen LogP contribution in [0, 0.1) is 11.7 Å². The highest BCUT2D eigenvalue weighted by Gasteiger charge is 2.23. The van der Waals surface area contributed by atoms with E-state index in [0.717, 1.165) is 56.5 Å². The molecule has 2 heterocycles. The molecule has 0 saturated carbocycles. The van der Waals surface area contributed by atoms with Gasteiger partial charge in [0.15, 0.2) is 0 Å². The molecular formula is C25H31FN4O2S. The third-order valence-corrected chi connectivity index (χ3v) is 7.92. The summed E-state index contributed by atoms with van der Waals surface area (Å²) in [6.45, 7) is 4.34. The number of hydrogen-bond donors (Lipinski definition) is 1. The Morgan fingerprint density at radius 2 is 1.88 bits per heavy atom. The summed E-state index contributed by atoms with van der Waals surface area (Å²) in [5.74, 6) is 0.126. The van der Waals surface area contributed by atoms with Gasteiger partial charge in [0.1, 0.15) is 5.82 Å². The molecule has 0 bridgehead atoms. The summed E-state index contributed by atoms with van der Waals surface area (Å²) in [5.41, 5.74) is 1.02. The van der Waals surface area contributed by atoms with Crippen LogP contribution in [-0.4, -0.2) is 58.1 Å². The van der Waals surface area contributed by atoms with Crippen molar-refractivity contribution in [1.29, 1.82) is 0 Å². The average molecular weight is 471 g/mol. The van der Waals surface area contributed by atoms with Gasteiger partial charge in [-0.1, -0.05) is 12.1 Å². The van der Waals surface area contributed by atoms with Crippen LogP contribution in [0.15, 0.2) is 65.8 Å². The lowest BCUT2D eigenvalue weighted by molar-refractivity contribution is 0.184. The molecule has 0 aliphatic carbocycles. The van der Waals surface area contributed by atoms with Crippen molar-refractivity contribution in [1.82, 2.24) is 14.6 Å². The van der Waals surface area contributed by atoms with Crippen LogP contribution in [0.25, 0.3) is 10.8 Å². The van der Waals surface area contributed by atoms with E-state index >= 15 is 0 Å². The van der Waals surface area contributed by atoms with Crippen molar-refractivity contribution in [2.75, 3.05) is 44.7 Å². The highest BCUT2D eigenvalue weighted by atomic mass is 32.2. The molecule has 0 amide bonds. The van der Waals surface area contributed by atoms with Gasteiger partial charge in [-0.15, -0.1) is 0 Å². The lowest BCUT2D eigenvalue weighted by Gasteiger charge is -2.32. The largest absolute Gasteiger partial charge is 0.375 e. The summed E-state index contributed by atoms with van der Waals surface area (Å²) >= 11 is 0. The SMILES string of the molecule is CN(CCCN1CCC(CNS(=O)(=O)c2cccc3cnccc23)CC1)c1ccc(F)cc1. The number of halogens is 1. The summed E-state index contributed by atoms with van der Waals surface area (Å²) < 4.78 is 41.8. The number of piperidine rings is 1. The first-order valence-corrected chi connectivity index (χ1v) is 12.9. The van der Waals surface area contributed by atoms with Crippen molar-refractivity contribution in [3.8, 4) is 0 Å². The minimum atomic E-state index is -3.57. The number of benzene rings is 2. The molecule has 0 spiro atoms. The summed E-state index contributed by atoms with van der Waals surface area (Å²) in [7, 11) is -1.55. The summed E-state index contributed by atoms with van der Waals surface area (Å²) in [5, 5.41) is 1.51. The number of nitrogens with zero attached hydrogens (tertiary/aromatic N) is 3. The van der Waals surface area contributed by atoms with E-state index < -0.39 is 10.0 Å². The Hall–Kier alpha value is -2.55. The molecule has 1 aromatic heterocycles. The number of nitrogens with one attached hydrogen (secondary N) is 1. The smallest absolute Gasteiger partial charge is 0.241 e. The first kappa shape index (κ1) is 23.6. The second-order valence-electron chi connectivity index (χ2n) is 8.74. The van der Waals surface area contributed by atoms with E-state index in [1.165, 1.54) is 12.1 Å². The maximum absolute atomic E-state index is 13.1. The standard InChI is InChI=1S/C25H31FN4O2S/c1-29(23-8-6-22(26)7-9-23)14-3-15-30-16-11-20(12-17-30)18-28-33(31,32)25-5-2-4-21-19-27-13-10-24(21)25/h2,4-10,13,19-20,28H,3,11-12,14-18H2,1H3. The molecule has 4 rings (SSSR count). The van der Waals surface area contributed by atoms with Gasteiger partial charge in [0.25, 0.3) is 0 Å². The number of likely N-dealkylation sites (tertiary alicyclic amines) is 1. The Balaban J connectivity index is 1.21. The lowest BCUT2D eigenvalue weighted by atomic mass is 9.97. The topological polar surface area (TPSA) is 65.5 Å². The molecule has 176 valence electrons. The van der Waals surface area contributed by atoms with E-state index in [0.29, 0.717) is 22.7 Å². The molecule has 1 N–H and O–H groups in total. The predicted octanol–water partition coefficient (Wildman–Crippen LogP) is 3.89. The predicted molar refractivity (Wildman–Crippen MR) is 130 cm³/mol. The van der Waals surface area contributed by atoms with Crippen LogP contribution in [-0.2, 0) is 10.0 Å². The second-order valence-corrected chi connectivity index (χ2v) is 10.5. The molecule has 0 atom stereocenters. The van der Waals surface area contributed by atoms with Gasteiger partial charge in [0.05, 0.1) is 4.90 Å². The third-order valence-electron chi connectivity index (χ3n) is 6.43. The molecule has 1 saturated heterocycles. The number of anilines is 1. The van der Waals surface area contributed by atoms with Gasteiger partial charge in [0.2, 0.25) is 10.0 Å². The maximum Gasteiger partial charge on any atom is 0.241 e. The van der Waals surface area contributed by atoms with E-state index in [1.54, 1.807) is 42.7 Å². The van der Waals surface area contributed by atoms with E-state index in [1.807, 2.05) is 13.1 Å². The van der Waals surface area contributed by atoms with Gasteiger partial charge in [-0.2, -0.15) is 0 Å². The number of hydrogen-bond acceptors (Lipinski definition) is 5. The molecule has 0 unspecified atom stereocenters. The summed E-state index contributed by atoms with van der Waals surface area (Å²) in [4.78, 5) is 8.97. The molecular weight excluding hydrogens is 439 g/mol. The van der Waals surface area contributed by atoms with E-state index in [4.69, 9.17) is 0 Å². The van der Waals surface area contributed by atoms with Crippen LogP contribution in [0.3, 0.4) is 0 Å². The van der Waals surface area contributed by atoms with Gasteiger partial charge in [0, 0.05) is 49.0 Å². The average Bonchev–Trinajstić information content (AvgIpc) is 2.83.